The molecule has 0 aliphatic rings. The van der Waals surface area contributed by atoms with Crippen molar-refractivity contribution in [3.05, 3.63) is 64.1 Å². The maximum Gasteiger partial charge on any atom is 0.251 e. The third kappa shape index (κ3) is 6.00. The Morgan fingerprint density at radius 2 is 1.92 bits per heavy atom. The first-order valence-electron chi connectivity index (χ1n) is 8.30. The molecule has 128 valence electrons. The predicted molar refractivity (Wildman–Crippen MR) is 102 cm³/mol. The average Bonchev–Trinajstić information content (AvgIpc) is 2.57. The molecule has 0 unspecified atom stereocenters. The standard InChI is InChI=1S/C20H24BrNO2/c1-15(2)11-13-24-19-9-8-17(14-18(19)21)20(23)22-12-10-16-6-4-3-5-7-16/h3-9,14-15H,10-13H2,1-2H3,(H,22,23). The number of hydrogen-bond acceptors (Lipinski definition) is 2. The van der Waals surface area contributed by atoms with Gasteiger partial charge in [-0.2, -0.15) is 0 Å². The van der Waals surface area contributed by atoms with Gasteiger partial charge in [-0.3, -0.25) is 4.79 Å². The summed E-state index contributed by atoms with van der Waals surface area (Å²) < 4.78 is 6.55. The number of halogens is 1. The van der Waals surface area contributed by atoms with Gasteiger partial charge in [-0.15, -0.1) is 0 Å². The average molecular weight is 390 g/mol. The minimum Gasteiger partial charge on any atom is -0.492 e. The van der Waals surface area contributed by atoms with Crippen LogP contribution in [0.25, 0.3) is 0 Å². The lowest BCUT2D eigenvalue weighted by Crippen LogP contribution is -2.25. The van der Waals surface area contributed by atoms with Crippen molar-refractivity contribution < 1.29 is 9.53 Å². The highest BCUT2D eigenvalue weighted by Gasteiger charge is 2.09. The van der Waals surface area contributed by atoms with Gasteiger partial charge < -0.3 is 10.1 Å². The molecule has 1 amide bonds. The second kappa shape index (κ2) is 9.48. The third-order valence-corrected chi connectivity index (χ3v) is 4.31. The van der Waals surface area contributed by atoms with Crippen molar-refractivity contribution in [1.82, 2.24) is 5.32 Å². The lowest BCUT2D eigenvalue weighted by molar-refractivity contribution is 0.0954. The topological polar surface area (TPSA) is 38.3 Å². The number of rotatable bonds is 8. The van der Waals surface area contributed by atoms with Crippen LogP contribution in [0.2, 0.25) is 0 Å². The Kier molecular flexibility index (Phi) is 7.32. The Hall–Kier alpha value is -1.81. The number of nitrogens with one attached hydrogen (secondary N) is 1. The van der Waals surface area contributed by atoms with Crippen molar-refractivity contribution in [3.8, 4) is 5.75 Å². The highest BCUT2D eigenvalue weighted by molar-refractivity contribution is 9.10. The summed E-state index contributed by atoms with van der Waals surface area (Å²) in [5.74, 6) is 1.32. The van der Waals surface area contributed by atoms with Crippen LogP contribution in [0.3, 0.4) is 0 Å². The van der Waals surface area contributed by atoms with Gasteiger partial charge in [0.2, 0.25) is 0 Å². The van der Waals surface area contributed by atoms with Crippen LogP contribution in [-0.4, -0.2) is 19.1 Å². The molecule has 2 aromatic carbocycles. The van der Waals surface area contributed by atoms with Gasteiger partial charge in [0.25, 0.3) is 5.91 Å². The largest absolute Gasteiger partial charge is 0.492 e. The number of benzene rings is 2. The fraction of sp³-hybridized carbons (Fsp3) is 0.350. The molecule has 0 heterocycles. The van der Waals surface area contributed by atoms with Crippen LogP contribution in [0, 0.1) is 5.92 Å². The van der Waals surface area contributed by atoms with Crippen LogP contribution < -0.4 is 10.1 Å². The molecule has 0 fully saturated rings. The number of ether oxygens (including phenoxy) is 1. The molecule has 0 saturated heterocycles. The summed E-state index contributed by atoms with van der Waals surface area (Å²) in [5.41, 5.74) is 1.85. The van der Waals surface area contributed by atoms with E-state index in [-0.39, 0.29) is 5.91 Å². The first-order valence-corrected chi connectivity index (χ1v) is 9.10. The molecule has 4 heteroatoms. The van der Waals surface area contributed by atoms with E-state index in [0.717, 1.165) is 23.1 Å². The second-order valence-electron chi connectivity index (χ2n) is 6.17. The summed E-state index contributed by atoms with van der Waals surface area (Å²) in [5, 5.41) is 2.95. The summed E-state index contributed by atoms with van der Waals surface area (Å²) in [6.07, 6.45) is 1.83. The third-order valence-electron chi connectivity index (χ3n) is 3.69. The molecule has 0 aromatic heterocycles. The SMILES string of the molecule is CC(C)CCOc1ccc(C(=O)NCCc2ccccc2)cc1Br. The molecule has 24 heavy (non-hydrogen) atoms. The smallest absolute Gasteiger partial charge is 0.251 e. The molecule has 1 N–H and O–H groups in total. The van der Waals surface area contributed by atoms with E-state index in [4.69, 9.17) is 4.74 Å². The zero-order valence-corrected chi connectivity index (χ0v) is 15.8. The number of carbonyl (C=O) groups excluding carboxylic acids is 1. The molecule has 0 aliphatic heterocycles. The molecular formula is C20H24BrNO2. The van der Waals surface area contributed by atoms with Crippen molar-refractivity contribution in [2.45, 2.75) is 26.7 Å². The molecule has 0 radical (unpaired) electrons. The van der Waals surface area contributed by atoms with Gasteiger partial charge in [-0.05, 0) is 58.5 Å². The van der Waals surface area contributed by atoms with Crippen LogP contribution in [0.5, 0.6) is 5.75 Å². The number of carbonyl (C=O) groups is 1. The van der Waals surface area contributed by atoms with E-state index in [1.807, 2.05) is 30.3 Å². The zero-order valence-electron chi connectivity index (χ0n) is 14.2. The van der Waals surface area contributed by atoms with Crippen LogP contribution >= 0.6 is 15.9 Å². The van der Waals surface area contributed by atoms with Gasteiger partial charge in [-0.1, -0.05) is 44.2 Å². The van der Waals surface area contributed by atoms with Gasteiger partial charge in [0.05, 0.1) is 11.1 Å². The van der Waals surface area contributed by atoms with Gasteiger partial charge in [0, 0.05) is 12.1 Å². The van der Waals surface area contributed by atoms with E-state index in [9.17, 15) is 4.79 Å². The highest BCUT2D eigenvalue weighted by Crippen LogP contribution is 2.26. The predicted octanol–water partition coefficient (Wildman–Crippen LogP) is 4.85. The molecule has 2 aromatic rings. The molecule has 0 saturated carbocycles. The second-order valence-corrected chi connectivity index (χ2v) is 7.02. The van der Waals surface area contributed by atoms with Crippen molar-refractivity contribution in [1.29, 1.82) is 0 Å². The maximum atomic E-state index is 12.2. The molecule has 0 atom stereocenters. The first-order chi connectivity index (χ1) is 11.6. The van der Waals surface area contributed by atoms with E-state index in [0.29, 0.717) is 24.6 Å². The van der Waals surface area contributed by atoms with E-state index < -0.39 is 0 Å². The lowest BCUT2D eigenvalue weighted by Gasteiger charge is -2.11. The van der Waals surface area contributed by atoms with Gasteiger partial charge in [0.15, 0.2) is 0 Å². The zero-order chi connectivity index (χ0) is 17.4. The van der Waals surface area contributed by atoms with Crippen LogP contribution in [0.15, 0.2) is 53.0 Å². The van der Waals surface area contributed by atoms with Crippen molar-refractivity contribution in [3.63, 3.8) is 0 Å². The minimum atomic E-state index is -0.0691. The normalized spacial score (nSPS) is 10.7. The summed E-state index contributed by atoms with van der Waals surface area (Å²) in [7, 11) is 0. The van der Waals surface area contributed by atoms with Gasteiger partial charge in [0.1, 0.15) is 5.75 Å². The Labute approximate surface area is 152 Å². The Balaban J connectivity index is 1.84. The van der Waals surface area contributed by atoms with E-state index in [2.05, 4.69) is 47.2 Å². The summed E-state index contributed by atoms with van der Waals surface area (Å²) in [4.78, 5) is 12.2. The van der Waals surface area contributed by atoms with E-state index >= 15 is 0 Å². The Morgan fingerprint density at radius 1 is 1.17 bits per heavy atom. The molecule has 3 nitrogen and oxygen atoms in total. The summed E-state index contributed by atoms with van der Waals surface area (Å²) in [6.45, 7) is 5.63. The Bertz CT molecular complexity index is 656. The summed E-state index contributed by atoms with van der Waals surface area (Å²) in [6, 6.07) is 15.6. The van der Waals surface area contributed by atoms with Crippen LogP contribution in [0.4, 0.5) is 0 Å². The Morgan fingerprint density at radius 3 is 2.58 bits per heavy atom. The highest BCUT2D eigenvalue weighted by atomic mass is 79.9. The molecule has 0 aliphatic carbocycles. The first kappa shape index (κ1) is 18.5. The molecule has 0 bridgehead atoms. The number of hydrogen-bond donors (Lipinski definition) is 1. The minimum absolute atomic E-state index is 0.0691. The fourth-order valence-corrected chi connectivity index (χ4v) is 2.72. The lowest BCUT2D eigenvalue weighted by atomic mass is 10.1. The van der Waals surface area contributed by atoms with E-state index in [1.165, 1.54) is 5.56 Å². The number of amides is 1. The van der Waals surface area contributed by atoms with Crippen LogP contribution in [0.1, 0.15) is 36.2 Å². The van der Waals surface area contributed by atoms with Crippen molar-refractivity contribution in [2.75, 3.05) is 13.2 Å². The molecule has 2 rings (SSSR count). The quantitative estimate of drug-likeness (QED) is 0.700. The molecule has 0 spiro atoms. The summed E-state index contributed by atoms with van der Waals surface area (Å²) >= 11 is 3.48. The molecular weight excluding hydrogens is 366 g/mol. The van der Waals surface area contributed by atoms with E-state index in [1.54, 1.807) is 6.07 Å². The van der Waals surface area contributed by atoms with Gasteiger partial charge >= 0.3 is 0 Å². The monoisotopic (exact) mass is 389 g/mol. The van der Waals surface area contributed by atoms with Crippen LogP contribution in [-0.2, 0) is 6.42 Å². The van der Waals surface area contributed by atoms with Crippen molar-refractivity contribution >= 4 is 21.8 Å². The fourth-order valence-electron chi connectivity index (χ4n) is 2.23. The maximum absolute atomic E-state index is 12.2. The van der Waals surface area contributed by atoms with Gasteiger partial charge in [-0.25, -0.2) is 0 Å². The van der Waals surface area contributed by atoms with Crippen molar-refractivity contribution in [2.24, 2.45) is 5.92 Å².